The second-order valence-electron chi connectivity index (χ2n) is 7.60. The highest BCUT2D eigenvalue weighted by molar-refractivity contribution is 5.29. The maximum atomic E-state index is 10.3. The van der Waals surface area contributed by atoms with Gasteiger partial charge in [0.25, 0.3) is 0 Å². The molecule has 0 spiro atoms. The molecule has 1 heterocycles. The summed E-state index contributed by atoms with van der Waals surface area (Å²) in [4.78, 5) is 4.79. The number of hydrogen-bond acceptors (Lipinski definition) is 4. The Morgan fingerprint density at radius 1 is 1.00 bits per heavy atom. The molecule has 2 fully saturated rings. The summed E-state index contributed by atoms with van der Waals surface area (Å²) in [5, 5.41) is 10.3. The summed E-state index contributed by atoms with van der Waals surface area (Å²) in [7, 11) is 0. The average molecular weight is 347 g/mol. The summed E-state index contributed by atoms with van der Waals surface area (Å²) < 4.78 is 5.81. The first-order valence-electron chi connectivity index (χ1n) is 10.1. The van der Waals surface area contributed by atoms with Crippen LogP contribution in [0.3, 0.4) is 0 Å². The molecule has 4 nitrogen and oxygen atoms in total. The molecule has 0 aromatic heterocycles. The van der Waals surface area contributed by atoms with Gasteiger partial charge >= 0.3 is 0 Å². The largest absolute Gasteiger partial charge is 0.491 e. The number of aliphatic hydroxyl groups excluding tert-OH is 1. The van der Waals surface area contributed by atoms with Crippen molar-refractivity contribution in [2.45, 2.75) is 51.0 Å². The highest BCUT2D eigenvalue weighted by Gasteiger charge is 2.19. The van der Waals surface area contributed by atoms with E-state index in [0.29, 0.717) is 13.2 Å². The zero-order chi connectivity index (χ0) is 17.5. The lowest BCUT2D eigenvalue weighted by atomic mass is 9.84. The van der Waals surface area contributed by atoms with Crippen LogP contribution >= 0.6 is 0 Å². The van der Waals surface area contributed by atoms with Gasteiger partial charge in [-0.2, -0.15) is 0 Å². The minimum Gasteiger partial charge on any atom is -0.491 e. The van der Waals surface area contributed by atoms with Crippen LogP contribution in [0.15, 0.2) is 24.3 Å². The summed E-state index contributed by atoms with van der Waals surface area (Å²) in [6.07, 6.45) is 6.34. The van der Waals surface area contributed by atoms with Crippen molar-refractivity contribution in [3.63, 3.8) is 0 Å². The lowest BCUT2D eigenvalue weighted by Gasteiger charge is -2.34. The Labute approximate surface area is 152 Å². The van der Waals surface area contributed by atoms with Gasteiger partial charge in [0.15, 0.2) is 0 Å². The van der Waals surface area contributed by atoms with E-state index in [9.17, 15) is 5.11 Å². The molecule has 4 heteroatoms. The minimum absolute atomic E-state index is 0.372. The third-order valence-electron chi connectivity index (χ3n) is 5.78. The van der Waals surface area contributed by atoms with Gasteiger partial charge in [-0.3, -0.25) is 4.90 Å². The maximum Gasteiger partial charge on any atom is 0.119 e. The van der Waals surface area contributed by atoms with E-state index < -0.39 is 6.10 Å². The van der Waals surface area contributed by atoms with Gasteiger partial charge in [0.05, 0.1) is 0 Å². The van der Waals surface area contributed by atoms with Gasteiger partial charge < -0.3 is 14.7 Å². The van der Waals surface area contributed by atoms with Gasteiger partial charge in [-0.1, -0.05) is 38.3 Å². The number of benzene rings is 1. The van der Waals surface area contributed by atoms with Gasteiger partial charge in [0.1, 0.15) is 18.5 Å². The molecule has 1 saturated carbocycles. The van der Waals surface area contributed by atoms with Crippen molar-refractivity contribution in [2.24, 2.45) is 0 Å². The molecule has 1 aliphatic carbocycles. The number of likely N-dealkylation sites (N-methyl/N-ethyl adjacent to an activating group) is 1. The van der Waals surface area contributed by atoms with Crippen LogP contribution in [0.25, 0.3) is 0 Å². The normalized spacial score (nSPS) is 22.0. The number of piperazine rings is 1. The SMILES string of the molecule is CCN1CCN(C[C@H](O)COc2ccc(C3CCCCC3)cc2)CC1. The monoisotopic (exact) mass is 346 g/mol. The number of rotatable bonds is 7. The van der Waals surface area contributed by atoms with Gasteiger partial charge in [0.2, 0.25) is 0 Å². The van der Waals surface area contributed by atoms with Gasteiger partial charge in [-0.15, -0.1) is 0 Å². The molecule has 25 heavy (non-hydrogen) atoms. The van der Waals surface area contributed by atoms with Crippen LogP contribution in [0.5, 0.6) is 5.75 Å². The van der Waals surface area contributed by atoms with E-state index in [4.69, 9.17) is 4.74 Å². The molecular formula is C21H34N2O2. The van der Waals surface area contributed by atoms with E-state index in [1.54, 1.807) is 0 Å². The molecule has 0 bridgehead atoms. The number of aliphatic hydroxyl groups is 1. The number of β-amino-alcohol motifs (C(OH)–C–C–N with tert-alkyl or cyclic N) is 1. The third kappa shape index (κ3) is 5.70. The fraction of sp³-hybridized carbons (Fsp3) is 0.714. The van der Waals surface area contributed by atoms with Crippen LogP contribution in [-0.2, 0) is 0 Å². The van der Waals surface area contributed by atoms with Crippen molar-refractivity contribution in [1.29, 1.82) is 0 Å². The van der Waals surface area contributed by atoms with Crippen LogP contribution in [0.2, 0.25) is 0 Å². The number of ether oxygens (including phenoxy) is 1. The average Bonchev–Trinajstić information content (AvgIpc) is 2.68. The van der Waals surface area contributed by atoms with Crippen molar-refractivity contribution in [3.8, 4) is 5.75 Å². The fourth-order valence-corrected chi connectivity index (χ4v) is 4.10. The Balaban J connectivity index is 1.39. The van der Waals surface area contributed by atoms with Crippen LogP contribution < -0.4 is 4.74 Å². The summed E-state index contributed by atoms with van der Waals surface area (Å²) in [6, 6.07) is 8.55. The standard InChI is InChI=1S/C21H34N2O2/c1-2-22-12-14-23(15-13-22)16-20(24)17-25-21-10-8-19(9-11-21)18-6-4-3-5-7-18/h8-11,18,20,24H,2-7,12-17H2,1H3/t20-/m0/s1. The second kappa shape index (κ2) is 9.56. The summed E-state index contributed by atoms with van der Waals surface area (Å²) in [6.45, 7) is 8.70. The van der Waals surface area contributed by atoms with Crippen molar-refractivity contribution in [3.05, 3.63) is 29.8 Å². The highest BCUT2D eigenvalue weighted by atomic mass is 16.5. The summed E-state index contributed by atoms with van der Waals surface area (Å²) in [5.74, 6) is 1.60. The van der Waals surface area contributed by atoms with Crippen LogP contribution in [0.4, 0.5) is 0 Å². The van der Waals surface area contributed by atoms with Crippen molar-refractivity contribution < 1.29 is 9.84 Å². The predicted octanol–water partition coefficient (Wildman–Crippen LogP) is 3.11. The zero-order valence-corrected chi connectivity index (χ0v) is 15.7. The Hall–Kier alpha value is -1.10. The van der Waals surface area contributed by atoms with E-state index in [0.717, 1.165) is 44.4 Å². The Kier molecular flexibility index (Phi) is 7.14. The molecule has 0 unspecified atom stereocenters. The molecule has 1 aliphatic heterocycles. The predicted molar refractivity (Wildman–Crippen MR) is 102 cm³/mol. The topological polar surface area (TPSA) is 35.9 Å². The number of hydrogen-bond donors (Lipinski definition) is 1. The van der Waals surface area contributed by atoms with Gasteiger partial charge in [0, 0.05) is 32.7 Å². The molecule has 0 amide bonds. The molecular weight excluding hydrogens is 312 g/mol. The summed E-state index contributed by atoms with van der Waals surface area (Å²) in [5.41, 5.74) is 1.45. The maximum absolute atomic E-state index is 10.3. The quantitative estimate of drug-likeness (QED) is 0.823. The van der Waals surface area contributed by atoms with Gasteiger partial charge in [-0.05, 0) is 43.0 Å². The molecule has 3 rings (SSSR count). The van der Waals surface area contributed by atoms with Crippen LogP contribution in [0, 0.1) is 0 Å². The van der Waals surface area contributed by atoms with E-state index >= 15 is 0 Å². The third-order valence-corrected chi connectivity index (χ3v) is 5.78. The molecule has 1 saturated heterocycles. The van der Waals surface area contributed by atoms with E-state index in [1.807, 2.05) is 0 Å². The Morgan fingerprint density at radius 3 is 2.28 bits per heavy atom. The van der Waals surface area contributed by atoms with E-state index in [1.165, 1.54) is 37.7 Å². The van der Waals surface area contributed by atoms with Crippen molar-refractivity contribution in [1.82, 2.24) is 9.80 Å². The molecule has 0 radical (unpaired) electrons. The lowest BCUT2D eigenvalue weighted by molar-refractivity contribution is 0.0471. The molecule has 1 N–H and O–H groups in total. The molecule has 1 aromatic rings. The first kappa shape index (κ1) is 18.7. The highest BCUT2D eigenvalue weighted by Crippen LogP contribution is 2.33. The second-order valence-corrected chi connectivity index (χ2v) is 7.60. The summed E-state index contributed by atoms with van der Waals surface area (Å²) >= 11 is 0. The van der Waals surface area contributed by atoms with Crippen LogP contribution in [0.1, 0.15) is 50.5 Å². The number of nitrogens with zero attached hydrogens (tertiary/aromatic N) is 2. The first-order chi connectivity index (χ1) is 12.2. The van der Waals surface area contributed by atoms with Crippen LogP contribution in [-0.4, -0.2) is 66.9 Å². The Bertz CT molecular complexity index is 491. The fourth-order valence-electron chi connectivity index (χ4n) is 4.10. The minimum atomic E-state index is -0.425. The van der Waals surface area contributed by atoms with Crippen molar-refractivity contribution >= 4 is 0 Å². The smallest absolute Gasteiger partial charge is 0.119 e. The van der Waals surface area contributed by atoms with E-state index in [2.05, 4.69) is 41.0 Å². The Morgan fingerprint density at radius 2 is 1.64 bits per heavy atom. The molecule has 140 valence electrons. The molecule has 1 aromatic carbocycles. The van der Waals surface area contributed by atoms with Crippen molar-refractivity contribution in [2.75, 3.05) is 45.9 Å². The molecule has 1 atom stereocenters. The van der Waals surface area contributed by atoms with E-state index in [-0.39, 0.29) is 0 Å². The first-order valence-corrected chi connectivity index (χ1v) is 10.1. The van der Waals surface area contributed by atoms with Gasteiger partial charge in [-0.25, -0.2) is 0 Å². The molecule has 2 aliphatic rings. The zero-order valence-electron chi connectivity index (χ0n) is 15.7. The lowest BCUT2D eigenvalue weighted by Crippen LogP contribution is -2.49.